The largest absolute Gasteiger partial charge is 0.495 e. The number of nitrogens with one attached hydrogen (secondary N) is 1. The van der Waals surface area contributed by atoms with E-state index in [9.17, 15) is 13.2 Å². The van der Waals surface area contributed by atoms with Crippen molar-refractivity contribution in [1.82, 2.24) is 4.90 Å². The van der Waals surface area contributed by atoms with Gasteiger partial charge in [-0.05, 0) is 54.8 Å². The zero-order valence-corrected chi connectivity index (χ0v) is 21.4. The van der Waals surface area contributed by atoms with Crippen LogP contribution in [0.15, 0.2) is 84.3 Å². The van der Waals surface area contributed by atoms with Crippen LogP contribution in [0.25, 0.3) is 0 Å². The highest BCUT2D eigenvalue weighted by molar-refractivity contribution is 7.92. The maximum absolute atomic E-state index is 13.4. The van der Waals surface area contributed by atoms with Crippen LogP contribution in [-0.2, 0) is 16.4 Å². The highest BCUT2D eigenvalue weighted by Crippen LogP contribution is 2.29. The number of sulfonamides is 1. The Kier molecular flexibility index (Phi) is 7.64. The molecule has 1 N–H and O–H groups in total. The first-order valence-electron chi connectivity index (χ1n) is 11.8. The lowest BCUT2D eigenvalue weighted by molar-refractivity contribution is 0.0745. The van der Waals surface area contributed by atoms with Crippen LogP contribution in [-0.4, -0.2) is 52.5 Å². The summed E-state index contributed by atoms with van der Waals surface area (Å²) in [6.07, 6.45) is 2.26. The van der Waals surface area contributed by atoms with Gasteiger partial charge >= 0.3 is 0 Å². The van der Waals surface area contributed by atoms with Gasteiger partial charge in [-0.25, -0.2) is 8.42 Å². The molecule has 0 unspecified atom stereocenters. The molecule has 0 aromatic heterocycles. The Bertz CT molecular complexity index is 1360. The van der Waals surface area contributed by atoms with E-state index in [4.69, 9.17) is 4.74 Å². The van der Waals surface area contributed by atoms with E-state index in [1.807, 2.05) is 43.3 Å². The lowest BCUT2D eigenvalue weighted by Crippen LogP contribution is -2.49. The minimum Gasteiger partial charge on any atom is -0.495 e. The van der Waals surface area contributed by atoms with Crippen molar-refractivity contribution < 1.29 is 17.9 Å². The van der Waals surface area contributed by atoms with Crippen molar-refractivity contribution in [3.05, 3.63) is 96.1 Å². The van der Waals surface area contributed by atoms with Crippen molar-refractivity contribution in [2.45, 2.75) is 18.2 Å². The lowest BCUT2D eigenvalue weighted by atomic mass is 10.1. The maximum atomic E-state index is 13.4. The molecular weight excluding hydrogens is 474 g/mol. The predicted molar refractivity (Wildman–Crippen MR) is 143 cm³/mol. The first-order valence-corrected chi connectivity index (χ1v) is 13.3. The van der Waals surface area contributed by atoms with Crippen LogP contribution in [0.2, 0.25) is 0 Å². The topological polar surface area (TPSA) is 79.0 Å². The second-order valence-electron chi connectivity index (χ2n) is 8.68. The molecule has 1 fully saturated rings. The molecule has 3 aromatic rings. The number of benzene rings is 3. The minimum atomic E-state index is -3.89. The fraction of sp³-hybridized carbons (Fsp3) is 0.250. The summed E-state index contributed by atoms with van der Waals surface area (Å²) in [7, 11) is -2.24. The van der Waals surface area contributed by atoms with E-state index in [2.05, 4.69) is 16.2 Å². The van der Waals surface area contributed by atoms with E-state index in [1.54, 1.807) is 36.3 Å². The number of piperazine rings is 1. The normalized spacial score (nSPS) is 13.8. The highest BCUT2D eigenvalue weighted by Gasteiger charge is 2.26. The van der Waals surface area contributed by atoms with Crippen molar-refractivity contribution in [2.75, 3.05) is 42.9 Å². The maximum Gasteiger partial charge on any atom is 0.261 e. The number of anilines is 2. The zero-order chi connectivity index (χ0) is 25.7. The van der Waals surface area contributed by atoms with Crippen LogP contribution in [0, 0.1) is 6.92 Å². The molecule has 188 valence electrons. The molecule has 0 spiro atoms. The van der Waals surface area contributed by atoms with Gasteiger partial charge in [0, 0.05) is 31.7 Å². The van der Waals surface area contributed by atoms with Gasteiger partial charge in [0.25, 0.3) is 15.9 Å². The molecule has 1 heterocycles. The van der Waals surface area contributed by atoms with Crippen LogP contribution in [0.3, 0.4) is 0 Å². The predicted octanol–water partition coefficient (Wildman–Crippen LogP) is 4.50. The van der Waals surface area contributed by atoms with Gasteiger partial charge in [0.05, 0.1) is 23.4 Å². The van der Waals surface area contributed by atoms with Gasteiger partial charge in [-0.1, -0.05) is 42.5 Å². The Labute approximate surface area is 213 Å². The molecule has 0 atom stereocenters. The average Bonchev–Trinajstić information content (AvgIpc) is 2.89. The average molecular weight is 506 g/mol. The van der Waals surface area contributed by atoms with E-state index in [0.717, 1.165) is 22.6 Å². The molecule has 0 radical (unpaired) electrons. The number of ether oxygens (including phenoxy) is 1. The summed E-state index contributed by atoms with van der Waals surface area (Å²) in [5.74, 6) is 0.629. The van der Waals surface area contributed by atoms with E-state index in [1.165, 1.54) is 12.1 Å². The van der Waals surface area contributed by atoms with E-state index in [-0.39, 0.29) is 10.8 Å². The van der Waals surface area contributed by atoms with Crippen molar-refractivity contribution >= 4 is 27.3 Å². The fourth-order valence-corrected chi connectivity index (χ4v) is 5.49. The van der Waals surface area contributed by atoms with Crippen molar-refractivity contribution in [3.63, 3.8) is 0 Å². The molecule has 1 aliphatic rings. The summed E-state index contributed by atoms with van der Waals surface area (Å²) in [5, 5.41) is 0. The molecule has 0 aliphatic carbocycles. The van der Waals surface area contributed by atoms with Crippen LogP contribution in [0.4, 0.5) is 11.4 Å². The Balaban J connectivity index is 1.51. The quantitative estimate of drug-likeness (QED) is 0.456. The number of rotatable bonds is 8. The van der Waals surface area contributed by atoms with Crippen molar-refractivity contribution in [3.8, 4) is 5.75 Å². The summed E-state index contributed by atoms with van der Waals surface area (Å²) in [6.45, 7) is 7.93. The fourth-order valence-electron chi connectivity index (χ4n) is 4.37. The number of carbonyl (C=O) groups is 1. The molecule has 36 heavy (non-hydrogen) atoms. The summed E-state index contributed by atoms with van der Waals surface area (Å²) in [5.41, 5.74) is 3.45. The zero-order valence-electron chi connectivity index (χ0n) is 20.6. The molecule has 8 heteroatoms. The Morgan fingerprint density at radius 1 is 1.03 bits per heavy atom. The third kappa shape index (κ3) is 5.39. The smallest absolute Gasteiger partial charge is 0.261 e. The van der Waals surface area contributed by atoms with Gasteiger partial charge in [-0.2, -0.15) is 0 Å². The Morgan fingerprint density at radius 3 is 2.44 bits per heavy atom. The lowest BCUT2D eigenvalue weighted by Gasteiger charge is -2.36. The van der Waals surface area contributed by atoms with Gasteiger partial charge in [-0.15, -0.1) is 6.58 Å². The molecule has 1 saturated heterocycles. The van der Waals surface area contributed by atoms with E-state index in [0.29, 0.717) is 43.9 Å². The number of amides is 1. The number of para-hydroxylation sites is 3. The summed E-state index contributed by atoms with van der Waals surface area (Å²) in [6, 6.07) is 19.7. The SMILES string of the molecule is C=CCc1ccccc1NS(=O)(=O)c1ccc(C)c(C(=O)N2CCN(c3ccccc3OC)CC2)c1. The third-order valence-corrected chi connectivity index (χ3v) is 7.73. The van der Waals surface area contributed by atoms with E-state index >= 15 is 0 Å². The van der Waals surface area contributed by atoms with Crippen LogP contribution in [0.1, 0.15) is 21.5 Å². The van der Waals surface area contributed by atoms with Crippen LogP contribution in [0.5, 0.6) is 5.75 Å². The number of methoxy groups -OCH3 is 1. The van der Waals surface area contributed by atoms with Gasteiger partial charge in [-0.3, -0.25) is 9.52 Å². The number of carbonyl (C=O) groups excluding carboxylic acids is 1. The summed E-state index contributed by atoms with van der Waals surface area (Å²) >= 11 is 0. The van der Waals surface area contributed by atoms with Gasteiger partial charge < -0.3 is 14.5 Å². The van der Waals surface area contributed by atoms with Crippen LogP contribution < -0.4 is 14.4 Å². The molecule has 7 nitrogen and oxygen atoms in total. The first-order chi connectivity index (χ1) is 17.3. The van der Waals surface area contributed by atoms with Gasteiger partial charge in [0.15, 0.2) is 0 Å². The monoisotopic (exact) mass is 505 g/mol. The van der Waals surface area contributed by atoms with E-state index < -0.39 is 10.0 Å². The second-order valence-corrected chi connectivity index (χ2v) is 10.4. The summed E-state index contributed by atoms with van der Waals surface area (Å²) < 4.78 is 34.5. The Hall–Kier alpha value is -3.78. The van der Waals surface area contributed by atoms with Crippen molar-refractivity contribution in [2.24, 2.45) is 0 Å². The third-order valence-electron chi connectivity index (χ3n) is 6.37. The highest BCUT2D eigenvalue weighted by atomic mass is 32.2. The van der Waals surface area contributed by atoms with Crippen molar-refractivity contribution in [1.29, 1.82) is 0 Å². The second kappa shape index (κ2) is 10.9. The number of allylic oxidation sites excluding steroid dienone is 1. The first kappa shape index (κ1) is 25.3. The van der Waals surface area contributed by atoms with Gasteiger partial charge in [0.2, 0.25) is 0 Å². The standard InChI is InChI=1S/C28H31N3O4S/c1-4-9-22-10-5-6-11-25(22)29-36(33,34)23-15-14-21(2)24(20-23)28(32)31-18-16-30(17-19-31)26-12-7-8-13-27(26)35-3/h4-8,10-15,20,29H,1,9,16-19H2,2-3H3. The molecule has 1 aliphatic heterocycles. The molecule has 0 bridgehead atoms. The molecule has 4 rings (SSSR count). The molecule has 3 aromatic carbocycles. The number of aryl methyl sites for hydroxylation is 1. The Morgan fingerprint density at radius 2 is 1.72 bits per heavy atom. The van der Waals surface area contributed by atoms with Gasteiger partial charge in [0.1, 0.15) is 5.75 Å². The summed E-state index contributed by atoms with van der Waals surface area (Å²) in [4.78, 5) is 17.4. The number of hydrogen-bond acceptors (Lipinski definition) is 5. The minimum absolute atomic E-state index is 0.0533. The van der Waals surface area contributed by atoms with Crippen LogP contribution >= 0.6 is 0 Å². The molecular formula is C28H31N3O4S. The molecule has 0 saturated carbocycles. The molecule has 1 amide bonds. The number of hydrogen-bond donors (Lipinski definition) is 1. The number of nitrogens with zero attached hydrogens (tertiary/aromatic N) is 2.